The Hall–Kier alpha value is -2.70. The number of quaternary nitrogens is 1. The minimum Gasteiger partial charge on any atom is -0.345 e. The number of nitrogens with zero attached hydrogens (tertiary/aromatic N) is 3. The number of carbonyl (C=O) groups is 1. The Labute approximate surface area is 175 Å². The largest absolute Gasteiger partial charge is 0.345 e. The van der Waals surface area contributed by atoms with E-state index in [0.29, 0.717) is 17.4 Å². The molecule has 1 saturated heterocycles. The van der Waals surface area contributed by atoms with E-state index in [2.05, 4.69) is 33.6 Å². The molecule has 29 heavy (non-hydrogen) atoms. The lowest BCUT2D eigenvalue weighted by atomic mass is 10.1. The lowest BCUT2D eigenvalue weighted by molar-refractivity contribution is -0.901. The first-order valence-corrected chi connectivity index (χ1v) is 10.4. The van der Waals surface area contributed by atoms with Crippen LogP contribution in [0.2, 0.25) is 5.02 Å². The minimum atomic E-state index is -0.274. The molecule has 2 heterocycles. The molecule has 0 spiro atoms. The van der Waals surface area contributed by atoms with Crippen LogP contribution in [0.5, 0.6) is 0 Å². The van der Waals surface area contributed by atoms with Crippen LogP contribution in [0, 0.1) is 6.92 Å². The predicted molar refractivity (Wildman–Crippen MR) is 112 cm³/mol. The zero-order valence-electron chi connectivity index (χ0n) is 16.5. The van der Waals surface area contributed by atoms with Gasteiger partial charge in [-0.15, -0.1) is 5.10 Å². The summed E-state index contributed by atoms with van der Waals surface area (Å²) in [5.41, 5.74) is 3.26. The number of benzene rings is 2. The summed E-state index contributed by atoms with van der Waals surface area (Å²) in [5.74, 6) is 0.541. The summed E-state index contributed by atoms with van der Waals surface area (Å²) in [5, 5.41) is 8.00. The third-order valence-corrected chi connectivity index (χ3v) is 5.60. The number of halogens is 1. The highest BCUT2D eigenvalue weighted by atomic mass is 35.5. The maximum absolute atomic E-state index is 12.6. The van der Waals surface area contributed by atoms with Gasteiger partial charge in [0, 0.05) is 30.0 Å². The van der Waals surface area contributed by atoms with Crippen LogP contribution in [0.25, 0.3) is 5.69 Å². The smallest absolute Gasteiger partial charge is 0.291 e. The molecule has 0 radical (unpaired) electrons. The molecule has 7 heteroatoms. The van der Waals surface area contributed by atoms with Gasteiger partial charge < -0.3 is 10.2 Å². The van der Waals surface area contributed by atoms with Crippen LogP contribution >= 0.6 is 11.6 Å². The van der Waals surface area contributed by atoms with E-state index in [1.54, 1.807) is 21.7 Å². The first kappa shape index (κ1) is 19.6. The van der Waals surface area contributed by atoms with Gasteiger partial charge in [0.25, 0.3) is 5.91 Å². The van der Waals surface area contributed by atoms with Crippen LogP contribution < -0.4 is 10.2 Å². The quantitative estimate of drug-likeness (QED) is 0.655. The average molecular weight is 411 g/mol. The number of aryl methyl sites for hydroxylation is 1. The number of hydrogen-bond acceptors (Lipinski definition) is 3. The monoisotopic (exact) mass is 410 g/mol. The predicted octanol–water partition coefficient (Wildman–Crippen LogP) is 2.34. The Morgan fingerprint density at radius 2 is 1.79 bits per heavy atom. The molecule has 0 aliphatic carbocycles. The highest BCUT2D eigenvalue weighted by Crippen LogP contribution is 2.14. The average Bonchev–Trinajstić information content (AvgIpc) is 3.37. The fourth-order valence-electron chi connectivity index (χ4n) is 3.79. The van der Waals surface area contributed by atoms with Gasteiger partial charge in [0.1, 0.15) is 12.4 Å². The molecule has 6 nitrogen and oxygen atoms in total. The van der Waals surface area contributed by atoms with Crippen LogP contribution in [0.1, 0.15) is 40.4 Å². The molecule has 2 aromatic carbocycles. The fraction of sp³-hybridized carbons (Fsp3) is 0.318. The standard InChI is InChI=1S/C22H24ClN5O/c1-16-25-21(26-28(16)20-10-8-19(23)9-11-20)22(29)24-14-17-6-2-3-7-18(17)15-27-12-4-5-13-27/h2-3,6-11H,4-5,12-15H2,1H3,(H,24,29)/p+1. The Bertz CT molecular complexity index is 993. The lowest BCUT2D eigenvalue weighted by Crippen LogP contribution is -3.08. The van der Waals surface area contributed by atoms with Crippen LogP contribution in [0.4, 0.5) is 0 Å². The van der Waals surface area contributed by atoms with Crippen LogP contribution in [-0.4, -0.2) is 33.8 Å². The van der Waals surface area contributed by atoms with E-state index in [1.807, 2.05) is 25.1 Å². The van der Waals surface area contributed by atoms with Gasteiger partial charge in [-0.2, -0.15) is 0 Å². The molecule has 0 unspecified atom stereocenters. The molecule has 0 bridgehead atoms. The Morgan fingerprint density at radius 1 is 1.10 bits per heavy atom. The summed E-state index contributed by atoms with van der Waals surface area (Å²) in [6.07, 6.45) is 2.60. The van der Waals surface area contributed by atoms with Gasteiger partial charge >= 0.3 is 0 Å². The van der Waals surface area contributed by atoms with E-state index < -0.39 is 0 Å². The summed E-state index contributed by atoms with van der Waals surface area (Å²) in [6.45, 7) is 5.76. The van der Waals surface area contributed by atoms with Gasteiger partial charge in [-0.3, -0.25) is 4.79 Å². The van der Waals surface area contributed by atoms with Gasteiger partial charge in [-0.1, -0.05) is 35.9 Å². The minimum absolute atomic E-state index is 0.167. The van der Waals surface area contributed by atoms with Crippen molar-refractivity contribution >= 4 is 17.5 Å². The highest BCUT2D eigenvalue weighted by molar-refractivity contribution is 6.30. The summed E-state index contributed by atoms with van der Waals surface area (Å²) < 4.78 is 1.65. The molecule has 1 aliphatic heterocycles. The van der Waals surface area contributed by atoms with E-state index >= 15 is 0 Å². The Morgan fingerprint density at radius 3 is 2.52 bits per heavy atom. The molecule has 1 aromatic heterocycles. The fourth-order valence-corrected chi connectivity index (χ4v) is 3.92. The van der Waals surface area contributed by atoms with Gasteiger partial charge in [-0.25, -0.2) is 9.67 Å². The summed E-state index contributed by atoms with van der Waals surface area (Å²) in [7, 11) is 0. The molecule has 0 saturated carbocycles. The van der Waals surface area contributed by atoms with Crippen molar-refractivity contribution in [2.24, 2.45) is 0 Å². The van der Waals surface area contributed by atoms with Crippen LogP contribution in [-0.2, 0) is 13.1 Å². The van der Waals surface area contributed by atoms with Crippen molar-refractivity contribution in [2.75, 3.05) is 13.1 Å². The molecule has 1 fully saturated rings. The van der Waals surface area contributed by atoms with E-state index in [4.69, 9.17) is 11.6 Å². The molecular formula is C22H25ClN5O+. The molecular weight excluding hydrogens is 386 g/mol. The number of rotatable bonds is 6. The molecule has 0 atom stereocenters. The second-order valence-electron chi connectivity index (χ2n) is 7.46. The molecule has 4 rings (SSSR count). The molecule has 1 aliphatic rings. The van der Waals surface area contributed by atoms with E-state index in [0.717, 1.165) is 17.8 Å². The van der Waals surface area contributed by atoms with E-state index in [1.165, 1.54) is 31.5 Å². The van der Waals surface area contributed by atoms with Gasteiger partial charge in [0.2, 0.25) is 5.82 Å². The summed E-state index contributed by atoms with van der Waals surface area (Å²) in [6, 6.07) is 15.6. The van der Waals surface area contributed by atoms with Crippen molar-refractivity contribution in [3.63, 3.8) is 0 Å². The maximum Gasteiger partial charge on any atom is 0.291 e. The van der Waals surface area contributed by atoms with Gasteiger partial charge in [0.15, 0.2) is 0 Å². The SMILES string of the molecule is Cc1nc(C(=O)NCc2ccccc2C[NH+]2CCCC2)nn1-c1ccc(Cl)cc1. The maximum atomic E-state index is 12.6. The topological polar surface area (TPSA) is 64.2 Å². The van der Waals surface area contributed by atoms with Crippen molar-refractivity contribution < 1.29 is 9.69 Å². The zero-order valence-corrected chi connectivity index (χ0v) is 17.2. The third-order valence-electron chi connectivity index (χ3n) is 5.35. The van der Waals surface area contributed by atoms with E-state index in [9.17, 15) is 4.79 Å². The second-order valence-corrected chi connectivity index (χ2v) is 7.89. The summed E-state index contributed by atoms with van der Waals surface area (Å²) >= 11 is 5.95. The molecule has 1 amide bonds. The third kappa shape index (κ3) is 4.66. The Balaban J connectivity index is 1.44. The second kappa shape index (κ2) is 8.76. The van der Waals surface area contributed by atoms with Gasteiger partial charge in [-0.05, 0) is 36.8 Å². The number of carbonyl (C=O) groups excluding carboxylic acids is 1. The number of aromatic nitrogens is 3. The zero-order chi connectivity index (χ0) is 20.2. The van der Waals surface area contributed by atoms with Crippen molar-refractivity contribution in [1.82, 2.24) is 20.1 Å². The first-order valence-electron chi connectivity index (χ1n) is 9.98. The van der Waals surface area contributed by atoms with Crippen LogP contribution in [0.3, 0.4) is 0 Å². The normalized spacial score (nSPS) is 14.3. The molecule has 150 valence electrons. The number of amides is 1. The van der Waals surface area contributed by atoms with Gasteiger partial charge in [0.05, 0.1) is 18.8 Å². The van der Waals surface area contributed by atoms with Crippen molar-refractivity contribution in [3.05, 3.63) is 76.3 Å². The van der Waals surface area contributed by atoms with Crippen LogP contribution in [0.15, 0.2) is 48.5 Å². The van der Waals surface area contributed by atoms with Crippen molar-refractivity contribution in [1.29, 1.82) is 0 Å². The lowest BCUT2D eigenvalue weighted by Gasteiger charge is -2.15. The highest BCUT2D eigenvalue weighted by Gasteiger charge is 2.18. The van der Waals surface area contributed by atoms with Crippen molar-refractivity contribution in [2.45, 2.75) is 32.9 Å². The number of hydrogen-bond donors (Lipinski definition) is 2. The number of nitrogens with one attached hydrogen (secondary N) is 2. The van der Waals surface area contributed by atoms with Crippen molar-refractivity contribution in [3.8, 4) is 5.69 Å². The Kier molecular flexibility index (Phi) is 5.92. The molecule has 3 aromatic rings. The summed E-state index contributed by atoms with van der Waals surface area (Å²) in [4.78, 5) is 18.6. The first-order chi connectivity index (χ1) is 14.1. The number of likely N-dealkylation sites (tertiary alicyclic amines) is 1. The molecule has 2 N–H and O–H groups in total. The van der Waals surface area contributed by atoms with E-state index in [-0.39, 0.29) is 11.7 Å².